The van der Waals surface area contributed by atoms with Crippen LogP contribution in [0.1, 0.15) is 5.56 Å². The molecule has 0 bridgehead atoms. The van der Waals surface area contributed by atoms with Gasteiger partial charge in [-0.1, -0.05) is 18.2 Å². The number of aliphatic imine (C=N–C) groups is 1. The first-order valence-corrected chi connectivity index (χ1v) is 6.78. The second kappa shape index (κ2) is 5.93. The minimum Gasteiger partial charge on any atom is -0.491 e. The third kappa shape index (κ3) is 3.03. The summed E-state index contributed by atoms with van der Waals surface area (Å²) in [6.07, 6.45) is 5.51. The zero-order valence-electron chi connectivity index (χ0n) is 11.4. The van der Waals surface area contributed by atoms with Crippen molar-refractivity contribution in [3.63, 3.8) is 0 Å². The van der Waals surface area contributed by atoms with E-state index in [0.29, 0.717) is 11.6 Å². The van der Waals surface area contributed by atoms with E-state index in [-0.39, 0.29) is 5.28 Å². The third-order valence-corrected chi connectivity index (χ3v) is 3.26. The predicted octanol–water partition coefficient (Wildman–Crippen LogP) is 3.35. The average molecular weight is 301 g/mol. The quantitative estimate of drug-likeness (QED) is 0.880. The molecule has 2 aromatic rings. The highest BCUT2D eigenvalue weighted by Gasteiger charge is 2.08. The molecule has 1 aromatic heterocycles. The number of methoxy groups -OCH3 is 1. The van der Waals surface area contributed by atoms with E-state index in [1.54, 1.807) is 7.11 Å². The fraction of sp³-hybridized carbons (Fsp3) is 0.133. The molecule has 1 aromatic carbocycles. The van der Waals surface area contributed by atoms with Crippen molar-refractivity contribution in [2.45, 2.75) is 0 Å². The van der Waals surface area contributed by atoms with Crippen LogP contribution in [-0.4, -0.2) is 29.8 Å². The van der Waals surface area contributed by atoms with Gasteiger partial charge in [0, 0.05) is 11.9 Å². The SMILES string of the molecule is COc1cnc(Cl)nc1Nc1ccc(C2=CCN=C2)cc1. The van der Waals surface area contributed by atoms with Gasteiger partial charge in [0.2, 0.25) is 5.28 Å². The lowest BCUT2D eigenvalue weighted by Gasteiger charge is -2.10. The van der Waals surface area contributed by atoms with Gasteiger partial charge in [-0.15, -0.1) is 0 Å². The number of hydrogen-bond acceptors (Lipinski definition) is 5. The van der Waals surface area contributed by atoms with Crippen LogP contribution in [0.25, 0.3) is 5.57 Å². The van der Waals surface area contributed by atoms with Crippen LogP contribution in [0.2, 0.25) is 5.28 Å². The summed E-state index contributed by atoms with van der Waals surface area (Å²) in [5.41, 5.74) is 3.17. The molecule has 1 N–H and O–H groups in total. The first-order chi connectivity index (χ1) is 10.3. The fourth-order valence-electron chi connectivity index (χ4n) is 2.02. The van der Waals surface area contributed by atoms with Crippen molar-refractivity contribution in [1.29, 1.82) is 0 Å². The molecule has 106 valence electrons. The predicted molar refractivity (Wildman–Crippen MR) is 84.7 cm³/mol. The van der Waals surface area contributed by atoms with E-state index in [2.05, 4.69) is 26.4 Å². The molecule has 21 heavy (non-hydrogen) atoms. The van der Waals surface area contributed by atoms with E-state index in [1.165, 1.54) is 6.20 Å². The second-order valence-corrected chi connectivity index (χ2v) is 4.75. The highest BCUT2D eigenvalue weighted by molar-refractivity contribution is 6.28. The van der Waals surface area contributed by atoms with Gasteiger partial charge in [0.05, 0.1) is 19.9 Å². The Morgan fingerprint density at radius 1 is 1.24 bits per heavy atom. The monoisotopic (exact) mass is 300 g/mol. The van der Waals surface area contributed by atoms with E-state index in [4.69, 9.17) is 16.3 Å². The number of benzene rings is 1. The summed E-state index contributed by atoms with van der Waals surface area (Å²) in [6, 6.07) is 8.00. The van der Waals surface area contributed by atoms with Crippen molar-refractivity contribution in [3.8, 4) is 5.75 Å². The van der Waals surface area contributed by atoms with Crippen molar-refractivity contribution in [2.24, 2.45) is 4.99 Å². The maximum atomic E-state index is 5.81. The number of hydrogen-bond donors (Lipinski definition) is 1. The van der Waals surface area contributed by atoms with Crippen LogP contribution in [0.15, 0.2) is 41.5 Å². The van der Waals surface area contributed by atoms with Gasteiger partial charge in [-0.25, -0.2) is 4.98 Å². The summed E-state index contributed by atoms with van der Waals surface area (Å²) >= 11 is 5.81. The Morgan fingerprint density at radius 2 is 2.05 bits per heavy atom. The highest BCUT2D eigenvalue weighted by Crippen LogP contribution is 2.26. The Kier molecular flexibility index (Phi) is 3.83. The van der Waals surface area contributed by atoms with Crippen LogP contribution in [0, 0.1) is 0 Å². The minimum absolute atomic E-state index is 0.169. The molecule has 0 saturated carbocycles. The maximum absolute atomic E-state index is 5.81. The van der Waals surface area contributed by atoms with Crippen molar-refractivity contribution in [2.75, 3.05) is 19.0 Å². The molecule has 3 rings (SSSR count). The molecule has 0 amide bonds. The molecule has 1 aliphatic rings. The number of aromatic nitrogens is 2. The lowest BCUT2D eigenvalue weighted by molar-refractivity contribution is 0.413. The van der Waals surface area contributed by atoms with Gasteiger partial charge < -0.3 is 10.1 Å². The zero-order valence-corrected chi connectivity index (χ0v) is 12.1. The van der Waals surface area contributed by atoms with Gasteiger partial charge in [0.15, 0.2) is 11.6 Å². The Bertz CT molecular complexity index is 710. The van der Waals surface area contributed by atoms with Gasteiger partial charge in [-0.2, -0.15) is 4.98 Å². The van der Waals surface area contributed by atoms with Crippen LogP contribution in [0.3, 0.4) is 0 Å². The molecule has 0 atom stereocenters. The molecule has 0 unspecified atom stereocenters. The molecule has 2 heterocycles. The molecule has 0 spiro atoms. The first-order valence-electron chi connectivity index (χ1n) is 6.40. The van der Waals surface area contributed by atoms with Crippen LogP contribution in [-0.2, 0) is 0 Å². The van der Waals surface area contributed by atoms with E-state index in [9.17, 15) is 0 Å². The Labute approximate surface area is 127 Å². The molecule has 0 aliphatic carbocycles. The van der Waals surface area contributed by atoms with Gasteiger partial charge in [0.1, 0.15) is 0 Å². The topological polar surface area (TPSA) is 59.4 Å². The number of nitrogens with zero attached hydrogens (tertiary/aromatic N) is 3. The summed E-state index contributed by atoms with van der Waals surface area (Å²) in [5.74, 6) is 1.07. The van der Waals surface area contributed by atoms with Crippen LogP contribution < -0.4 is 10.1 Å². The number of rotatable bonds is 4. The number of anilines is 2. The molecular formula is C15H13ClN4O. The minimum atomic E-state index is 0.169. The standard InChI is InChI=1S/C15H13ClN4O/c1-21-13-9-18-15(16)20-14(13)19-12-4-2-10(3-5-12)11-6-7-17-8-11/h2-6,8-9H,7H2,1H3,(H,18,19,20). The van der Waals surface area contributed by atoms with Crippen molar-refractivity contribution >= 4 is 34.9 Å². The van der Waals surface area contributed by atoms with E-state index >= 15 is 0 Å². The van der Waals surface area contributed by atoms with Gasteiger partial charge in [-0.3, -0.25) is 4.99 Å². The first kappa shape index (κ1) is 13.6. The molecule has 1 aliphatic heterocycles. The lowest BCUT2D eigenvalue weighted by atomic mass is 10.1. The molecule has 6 heteroatoms. The lowest BCUT2D eigenvalue weighted by Crippen LogP contribution is -1.99. The normalized spacial score (nSPS) is 13.1. The molecule has 0 radical (unpaired) electrons. The van der Waals surface area contributed by atoms with Gasteiger partial charge >= 0.3 is 0 Å². The van der Waals surface area contributed by atoms with Crippen molar-refractivity contribution in [1.82, 2.24) is 9.97 Å². The zero-order chi connectivity index (χ0) is 14.7. The van der Waals surface area contributed by atoms with Gasteiger partial charge in [-0.05, 0) is 34.9 Å². The Hall–Kier alpha value is -2.40. The fourth-order valence-corrected chi connectivity index (χ4v) is 2.15. The number of ether oxygens (including phenoxy) is 1. The van der Waals surface area contributed by atoms with Crippen LogP contribution >= 0.6 is 11.6 Å². The molecule has 5 nitrogen and oxygen atoms in total. The third-order valence-electron chi connectivity index (χ3n) is 3.07. The second-order valence-electron chi connectivity index (χ2n) is 4.41. The smallest absolute Gasteiger partial charge is 0.224 e. The number of halogens is 1. The Balaban J connectivity index is 1.82. The maximum Gasteiger partial charge on any atom is 0.224 e. The summed E-state index contributed by atoms with van der Waals surface area (Å²) < 4.78 is 5.20. The summed E-state index contributed by atoms with van der Waals surface area (Å²) in [4.78, 5) is 12.2. The Morgan fingerprint density at radius 3 is 2.71 bits per heavy atom. The summed E-state index contributed by atoms with van der Waals surface area (Å²) in [7, 11) is 1.56. The average Bonchev–Trinajstić information content (AvgIpc) is 3.03. The number of nitrogens with one attached hydrogen (secondary N) is 1. The summed E-state index contributed by atoms with van der Waals surface area (Å²) in [5, 5.41) is 3.34. The van der Waals surface area contributed by atoms with Crippen LogP contribution in [0.5, 0.6) is 5.75 Å². The summed E-state index contributed by atoms with van der Waals surface area (Å²) in [6.45, 7) is 0.756. The van der Waals surface area contributed by atoms with Crippen molar-refractivity contribution < 1.29 is 4.74 Å². The van der Waals surface area contributed by atoms with Gasteiger partial charge in [0.25, 0.3) is 0 Å². The molecular weight excluding hydrogens is 288 g/mol. The molecule has 0 fully saturated rings. The highest BCUT2D eigenvalue weighted by atomic mass is 35.5. The van der Waals surface area contributed by atoms with Crippen LogP contribution in [0.4, 0.5) is 11.5 Å². The number of allylic oxidation sites excluding steroid dienone is 1. The van der Waals surface area contributed by atoms with E-state index < -0.39 is 0 Å². The molecule has 0 saturated heterocycles. The van der Waals surface area contributed by atoms with Crippen molar-refractivity contribution in [3.05, 3.63) is 47.4 Å². The van der Waals surface area contributed by atoms with E-state index in [0.717, 1.165) is 23.4 Å². The largest absolute Gasteiger partial charge is 0.491 e. The van der Waals surface area contributed by atoms with E-state index in [1.807, 2.05) is 30.5 Å².